The van der Waals surface area contributed by atoms with Gasteiger partial charge in [-0.3, -0.25) is 5.73 Å². The lowest BCUT2D eigenvalue weighted by Crippen LogP contribution is -2.14. The predicted octanol–water partition coefficient (Wildman–Crippen LogP) is 0.440. The maximum absolute atomic E-state index is 5.58. The Labute approximate surface area is 57.8 Å². The quantitative estimate of drug-likeness (QED) is 0.575. The molecule has 1 aromatic heterocycles. The summed E-state index contributed by atoms with van der Waals surface area (Å²) in [5.74, 6) is 0.525. The smallest absolute Gasteiger partial charge is 0.286 e. The molecule has 1 heterocycles. The van der Waals surface area contributed by atoms with E-state index < -0.39 is 0 Å². The first-order chi connectivity index (χ1) is 4.20. The summed E-state index contributed by atoms with van der Waals surface area (Å²) in [6, 6.07) is 1.73. The molecule has 4 heteroatoms. The second-order valence-electron chi connectivity index (χ2n) is 1.80. The van der Waals surface area contributed by atoms with Gasteiger partial charge in [0, 0.05) is 6.07 Å². The summed E-state index contributed by atoms with van der Waals surface area (Å²) in [7, 11) is 0. The molecule has 0 unspecified atom stereocenters. The number of aryl methyl sites for hydroxylation is 1. The van der Waals surface area contributed by atoms with E-state index in [0.29, 0.717) is 11.0 Å². The minimum Gasteiger partial charge on any atom is -0.286 e. The van der Waals surface area contributed by atoms with Crippen LogP contribution < -0.4 is 10.8 Å². The normalized spacial score (nSPS) is 9.56. The molecule has 0 radical (unpaired) electrons. The zero-order chi connectivity index (χ0) is 6.85. The van der Waals surface area contributed by atoms with Crippen LogP contribution in [0.4, 0.5) is 5.82 Å². The average molecular weight is 145 g/mol. The van der Waals surface area contributed by atoms with Crippen LogP contribution in [0.1, 0.15) is 5.56 Å². The number of nitrogens with zero attached hydrogens (tertiary/aromatic N) is 1. The Bertz CT molecular complexity index is 223. The Morgan fingerprint density at radius 2 is 2.44 bits per heavy atom. The van der Waals surface area contributed by atoms with Crippen LogP contribution in [-0.2, 0) is 0 Å². The maximum atomic E-state index is 5.58. The fourth-order valence-corrected chi connectivity index (χ4v) is 0.624. The minimum atomic E-state index is 0.462. The summed E-state index contributed by atoms with van der Waals surface area (Å²) < 4.78 is 0. The van der Waals surface area contributed by atoms with Gasteiger partial charge in [-0.25, -0.2) is 0 Å². The number of nitrogen functional groups attached to an aromatic ring is 1. The van der Waals surface area contributed by atoms with Crippen molar-refractivity contribution < 1.29 is 5.10 Å². The van der Waals surface area contributed by atoms with Gasteiger partial charge in [0.05, 0.1) is 0 Å². The third-order valence-electron chi connectivity index (χ3n) is 0.981. The van der Waals surface area contributed by atoms with Crippen LogP contribution in [0.2, 0.25) is 5.15 Å². The minimum absolute atomic E-state index is 0.462. The molecule has 0 fully saturated rings. The van der Waals surface area contributed by atoms with Gasteiger partial charge in [0.1, 0.15) is 0 Å². The molecule has 0 saturated carbocycles. The lowest BCUT2D eigenvalue weighted by atomic mass is 10.3. The lowest BCUT2D eigenvalue weighted by molar-refractivity contribution is -0.438. The van der Waals surface area contributed by atoms with E-state index in [1.54, 1.807) is 6.07 Å². The van der Waals surface area contributed by atoms with Gasteiger partial charge in [0.2, 0.25) is 0 Å². The van der Waals surface area contributed by atoms with Crippen molar-refractivity contribution in [3.05, 3.63) is 16.8 Å². The number of anilines is 1. The topological polar surface area (TPSA) is 53.0 Å². The number of hydrogen-bond donors (Lipinski definition) is 1. The van der Waals surface area contributed by atoms with E-state index in [-0.39, 0.29) is 0 Å². The molecule has 3 N–H and O–H groups in total. The number of nitrogens with two attached hydrogens (primary N) is 1. The summed E-state index contributed by atoms with van der Waals surface area (Å²) >= 11 is 5.58. The highest BCUT2D eigenvalue weighted by Crippen LogP contribution is 2.08. The van der Waals surface area contributed by atoms with Gasteiger partial charge in [0.15, 0.2) is 5.15 Å². The van der Waals surface area contributed by atoms with Crippen LogP contribution in [0.15, 0.2) is 6.07 Å². The number of H-pyrrole nitrogens is 1. The molecule has 48 valence electrons. The molecule has 1 rings (SSSR count). The second-order valence-corrected chi connectivity index (χ2v) is 2.16. The van der Waals surface area contributed by atoms with E-state index in [4.69, 9.17) is 17.3 Å². The Morgan fingerprint density at radius 1 is 1.78 bits per heavy atom. The van der Waals surface area contributed by atoms with E-state index in [9.17, 15) is 0 Å². The molecule has 9 heavy (non-hydrogen) atoms. The van der Waals surface area contributed by atoms with Gasteiger partial charge in [-0.2, -0.15) is 0 Å². The third kappa shape index (κ3) is 1.29. The van der Waals surface area contributed by atoms with Crippen LogP contribution in [-0.4, -0.2) is 5.10 Å². The van der Waals surface area contributed by atoms with Gasteiger partial charge >= 0.3 is 0 Å². The predicted molar refractivity (Wildman–Crippen MR) is 35.0 cm³/mol. The average Bonchev–Trinajstić information content (AvgIpc) is 1.80. The van der Waals surface area contributed by atoms with Crippen LogP contribution in [0.25, 0.3) is 0 Å². The maximum Gasteiger partial charge on any atom is 0.291 e. The van der Waals surface area contributed by atoms with E-state index in [2.05, 4.69) is 10.2 Å². The number of hydrogen-bond acceptors (Lipinski definition) is 2. The molecule has 0 amide bonds. The Morgan fingerprint density at radius 3 is 2.89 bits per heavy atom. The summed E-state index contributed by atoms with van der Waals surface area (Å²) in [5, 5.41) is 6.69. The van der Waals surface area contributed by atoms with Crippen molar-refractivity contribution in [1.29, 1.82) is 0 Å². The zero-order valence-corrected chi connectivity index (χ0v) is 5.74. The first-order valence-corrected chi connectivity index (χ1v) is 2.88. The van der Waals surface area contributed by atoms with Crippen molar-refractivity contribution in [1.82, 2.24) is 5.10 Å². The van der Waals surface area contributed by atoms with E-state index >= 15 is 0 Å². The molecule has 0 bridgehead atoms. The van der Waals surface area contributed by atoms with Crippen molar-refractivity contribution in [2.45, 2.75) is 6.92 Å². The van der Waals surface area contributed by atoms with Gasteiger partial charge in [-0.1, -0.05) is 16.7 Å². The van der Waals surface area contributed by atoms with Crippen LogP contribution in [0.5, 0.6) is 0 Å². The highest BCUT2D eigenvalue weighted by molar-refractivity contribution is 6.30. The Balaban J connectivity index is 3.17. The van der Waals surface area contributed by atoms with Gasteiger partial charge in [-0.15, -0.1) is 5.10 Å². The number of nitrogens with one attached hydrogen (secondary N) is 1. The molecule has 1 aromatic rings. The third-order valence-corrected chi connectivity index (χ3v) is 1.36. The molecule has 0 aliphatic carbocycles. The number of aromatic nitrogens is 2. The van der Waals surface area contributed by atoms with Crippen molar-refractivity contribution in [2.24, 2.45) is 0 Å². The van der Waals surface area contributed by atoms with Gasteiger partial charge in [0.25, 0.3) is 5.82 Å². The fraction of sp³-hybridized carbons (Fsp3) is 0.200. The molecule has 0 atom stereocenters. The van der Waals surface area contributed by atoms with Gasteiger partial charge < -0.3 is 0 Å². The summed E-state index contributed by atoms with van der Waals surface area (Å²) in [4.78, 5) is 0. The van der Waals surface area contributed by atoms with Crippen molar-refractivity contribution in [3.8, 4) is 0 Å². The molecule has 0 saturated heterocycles. The highest BCUT2D eigenvalue weighted by Gasteiger charge is 1.99. The molecule has 3 nitrogen and oxygen atoms in total. The first-order valence-electron chi connectivity index (χ1n) is 2.50. The van der Waals surface area contributed by atoms with Gasteiger partial charge in [-0.05, 0) is 12.5 Å². The zero-order valence-electron chi connectivity index (χ0n) is 4.98. The summed E-state index contributed by atoms with van der Waals surface area (Å²) in [6.07, 6.45) is 0. The van der Waals surface area contributed by atoms with E-state index in [1.165, 1.54) is 0 Å². The van der Waals surface area contributed by atoms with Crippen molar-refractivity contribution in [2.75, 3.05) is 5.73 Å². The molecule has 0 aromatic carbocycles. The highest BCUT2D eigenvalue weighted by atomic mass is 35.5. The number of halogens is 1. The van der Waals surface area contributed by atoms with E-state index in [0.717, 1.165) is 5.56 Å². The fourth-order valence-electron chi connectivity index (χ4n) is 0.527. The van der Waals surface area contributed by atoms with Crippen molar-refractivity contribution in [3.63, 3.8) is 0 Å². The van der Waals surface area contributed by atoms with E-state index in [1.807, 2.05) is 6.92 Å². The largest absolute Gasteiger partial charge is 0.291 e. The standard InChI is InChI=1S/C5H6ClN3/c1-3-2-4(7)8-9-5(3)6/h2H,1H3,(H2,7,8)/p+1. The second kappa shape index (κ2) is 2.19. The lowest BCUT2D eigenvalue weighted by Gasteiger charge is -1.89. The van der Waals surface area contributed by atoms with Crippen molar-refractivity contribution >= 4 is 17.4 Å². The van der Waals surface area contributed by atoms with Crippen LogP contribution in [0.3, 0.4) is 0 Å². The van der Waals surface area contributed by atoms with Crippen LogP contribution >= 0.6 is 11.6 Å². The number of rotatable bonds is 0. The van der Waals surface area contributed by atoms with Crippen LogP contribution in [0, 0.1) is 6.92 Å². The SMILES string of the molecule is Cc1cc(N)[nH+]nc1Cl. The molecule has 0 aliphatic heterocycles. The number of aromatic amines is 1. The molecule has 0 aliphatic rings. The molecular weight excluding hydrogens is 138 g/mol. The summed E-state index contributed by atoms with van der Waals surface area (Å²) in [5.41, 5.74) is 6.23. The molecule has 0 spiro atoms. The summed E-state index contributed by atoms with van der Waals surface area (Å²) in [6.45, 7) is 1.85. The molecular formula is C5H7ClN3+. The monoisotopic (exact) mass is 144 g/mol. The Kier molecular flexibility index (Phi) is 1.53. The Hall–Kier alpha value is -0.830. The first kappa shape index (κ1) is 6.29.